The maximum atomic E-state index is 10.8. The van der Waals surface area contributed by atoms with E-state index < -0.39 is 5.97 Å². The summed E-state index contributed by atoms with van der Waals surface area (Å²) in [4.78, 5) is 15.5. The third-order valence-electron chi connectivity index (χ3n) is 5.95. The molecule has 30 heavy (non-hydrogen) atoms. The summed E-state index contributed by atoms with van der Waals surface area (Å²) in [6.07, 6.45) is 3.70. The zero-order valence-electron chi connectivity index (χ0n) is 18.0. The van der Waals surface area contributed by atoms with Gasteiger partial charge in [-0.25, -0.2) is 0 Å². The molecule has 3 aromatic rings. The highest BCUT2D eigenvalue weighted by molar-refractivity contribution is 5.67. The highest BCUT2D eigenvalue weighted by atomic mass is 16.5. The molecule has 7 nitrogen and oxygen atoms in total. The Hall–Kier alpha value is -2.96. The van der Waals surface area contributed by atoms with Crippen LogP contribution in [0.3, 0.4) is 0 Å². The molecule has 0 fully saturated rings. The van der Waals surface area contributed by atoms with Gasteiger partial charge in [-0.1, -0.05) is 37.2 Å². The standard InChI is InChI=1S/C23H28N4O3/c1-5-27-18-13-23(3,4)11-10-17(18)20(25-27)22-24-21(26-30-22)16-8-6-15(12-14(16)2)7-9-19(28)29/h6,8,12H,5,7,9-11,13H2,1-4H3,(H,28,29). The normalized spacial score (nSPS) is 15.2. The van der Waals surface area contributed by atoms with E-state index >= 15 is 0 Å². The van der Waals surface area contributed by atoms with Crippen LogP contribution in [0.1, 0.15) is 56.0 Å². The Morgan fingerprint density at radius 1 is 1.33 bits per heavy atom. The summed E-state index contributed by atoms with van der Waals surface area (Å²) in [5.74, 6) is 0.198. The molecule has 2 heterocycles. The van der Waals surface area contributed by atoms with Crippen LogP contribution in [0.2, 0.25) is 0 Å². The summed E-state index contributed by atoms with van der Waals surface area (Å²) >= 11 is 0. The van der Waals surface area contributed by atoms with Gasteiger partial charge in [-0.05, 0) is 56.1 Å². The summed E-state index contributed by atoms with van der Waals surface area (Å²) in [6, 6.07) is 5.85. The number of rotatable bonds is 6. The van der Waals surface area contributed by atoms with Gasteiger partial charge >= 0.3 is 5.97 Å². The van der Waals surface area contributed by atoms with Crippen LogP contribution in [0.15, 0.2) is 22.7 Å². The number of hydrogen-bond donors (Lipinski definition) is 1. The number of hydrogen-bond acceptors (Lipinski definition) is 5. The molecular weight excluding hydrogens is 380 g/mol. The van der Waals surface area contributed by atoms with Crippen molar-refractivity contribution in [3.63, 3.8) is 0 Å². The first-order chi connectivity index (χ1) is 14.3. The number of aliphatic carboxylic acids is 1. The van der Waals surface area contributed by atoms with Crippen molar-refractivity contribution in [3.05, 3.63) is 40.6 Å². The van der Waals surface area contributed by atoms with E-state index in [4.69, 9.17) is 14.7 Å². The highest BCUT2D eigenvalue weighted by Crippen LogP contribution is 2.39. The Bertz CT molecular complexity index is 1090. The van der Waals surface area contributed by atoms with Crippen LogP contribution in [0, 0.1) is 12.3 Å². The fourth-order valence-corrected chi connectivity index (χ4v) is 4.25. The van der Waals surface area contributed by atoms with Crippen molar-refractivity contribution in [1.82, 2.24) is 19.9 Å². The van der Waals surface area contributed by atoms with Gasteiger partial charge in [0.1, 0.15) is 0 Å². The first-order valence-corrected chi connectivity index (χ1v) is 10.5. The minimum absolute atomic E-state index is 0.118. The van der Waals surface area contributed by atoms with Crippen LogP contribution in [0.5, 0.6) is 0 Å². The van der Waals surface area contributed by atoms with Crippen molar-refractivity contribution in [2.24, 2.45) is 5.41 Å². The number of aryl methyl sites for hydroxylation is 3. The molecule has 7 heteroatoms. The first-order valence-electron chi connectivity index (χ1n) is 10.5. The second-order valence-electron chi connectivity index (χ2n) is 8.90. The van der Waals surface area contributed by atoms with E-state index in [2.05, 4.69) is 35.6 Å². The van der Waals surface area contributed by atoms with Crippen LogP contribution in [0.25, 0.3) is 23.0 Å². The summed E-state index contributed by atoms with van der Waals surface area (Å²) in [5.41, 5.74) is 6.45. The van der Waals surface area contributed by atoms with Crippen LogP contribution < -0.4 is 0 Å². The molecule has 1 aliphatic rings. The highest BCUT2D eigenvalue weighted by Gasteiger charge is 2.32. The van der Waals surface area contributed by atoms with Crippen LogP contribution >= 0.6 is 0 Å². The molecule has 0 saturated carbocycles. The third-order valence-corrected chi connectivity index (χ3v) is 5.95. The zero-order valence-corrected chi connectivity index (χ0v) is 18.0. The Morgan fingerprint density at radius 3 is 2.83 bits per heavy atom. The first kappa shape index (κ1) is 20.3. The molecular formula is C23H28N4O3. The molecule has 1 aromatic carbocycles. The van der Waals surface area contributed by atoms with Gasteiger partial charge in [0, 0.05) is 29.8 Å². The number of benzene rings is 1. The van der Waals surface area contributed by atoms with Crippen molar-refractivity contribution in [3.8, 4) is 23.0 Å². The van der Waals surface area contributed by atoms with Crippen molar-refractivity contribution < 1.29 is 14.4 Å². The van der Waals surface area contributed by atoms with E-state index in [-0.39, 0.29) is 11.8 Å². The fraction of sp³-hybridized carbons (Fsp3) is 0.478. The van der Waals surface area contributed by atoms with Crippen molar-refractivity contribution in [2.75, 3.05) is 0 Å². The average Bonchev–Trinajstić information content (AvgIpc) is 3.30. The smallest absolute Gasteiger partial charge is 0.303 e. The minimum atomic E-state index is -0.794. The molecule has 0 aliphatic heterocycles. The van der Waals surface area contributed by atoms with Gasteiger partial charge in [-0.3, -0.25) is 9.48 Å². The Balaban J connectivity index is 1.64. The Kier molecular flexibility index (Phi) is 5.22. The van der Waals surface area contributed by atoms with E-state index in [0.717, 1.165) is 48.2 Å². The van der Waals surface area contributed by atoms with E-state index in [9.17, 15) is 4.79 Å². The lowest BCUT2D eigenvalue weighted by atomic mass is 9.76. The second kappa shape index (κ2) is 7.70. The van der Waals surface area contributed by atoms with Gasteiger partial charge in [0.25, 0.3) is 5.89 Å². The van der Waals surface area contributed by atoms with E-state index in [1.165, 1.54) is 11.3 Å². The molecule has 2 aromatic heterocycles. The molecule has 1 N–H and O–H groups in total. The molecule has 0 unspecified atom stereocenters. The van der Waals surface area contributed by atoms with E-state index in [0.29, 0.717) is 18.1 Å². The molecule has 0 spiro atoms. The number of carbonyl (C=O) groups is 1. The minimum Gasteiger partial charge on any atom is -0.481 e. The van der Waals surface area contributed by atoms with Gasteiger partial charge in [0.2, 0.25) is 5.82 Å². The second-order valence-corrected chi connectivity index (χ2v) is 8.90. The SMILES string of the molecule is CCn1nc(-c2nc(-c3ccc(CCC(=O)O)cc3C)no2)c2c1CC(C)(C)CC2. The van der Waals surface area contributed by atoms with Crippen molar-refractivity contribution in [2.45, 2.75) is 66.3 Å². The molecule has 4 rings (SSSR count). The maximum absolute atomic E-state index is 10.8. The van der Waals surface area contributed by atoms with Gasteiger partial charge in [-0.15, -0.1) is 0 Å². The van der Waals surface area contributed by atoms with Crippen LogP contribution in [0.4, 0.5) is 0 Å². The largest absolute Gasteiger partial charge is 0.481 e. The topological polar surface area (TPSA) is 94.0 Å². The quantitative estimate of drug-likeness (QED) is 0.647. The van der Waals surface area contributed by atoms with Gasteiger partial charge in [0.05, 0.1) is 0 Å². The fourth-order valence-electron chi connectivity index (χ4n) is 4.25. The number of carboxylic acid groups (broad SMARTS) is 1. The average molecular weight is 409 g/mol. The lowest BCUT2D eigenvalue weighted by Gasteiger charge is -2.30. The molecule has 0 atom stereocenters. The summed E-state index contributed by atoms with van der Waals surface area (Å²) in [6.45, 7) is 9.50. The zero-order chi connectivity index (χ0) is 21.5. The van der Waals surface area contributed by atoms with E-state index in [1.54, 1.807) is 0 Å². The van der Waals surface area contributed by atoms with E-state index in [1.807, 2.05) is 25.1 Å². The van der Waals surface area contributed by atoms with Gasteiger partial charge in [0.15, 0.2) is 5.69 Å². The third kappa shape index (κ3) is 3.88. The lowest BCUT2D eigenvalue weighted by molar-refractivity contribution is -0.136. The molecule has 1 aliphatic carbocycles. The number of carboxylic acids is 1. The monoisotopic (exact) mass is 408 g/mol. The maximum Gasteiger partial charge on any atom is 0.303 e. The number of nitrogens with zero attached hydrogens (tertiary/aromatic N) is 4. The lowest BCUT2D eigenvalue weighted by Crippen LogP contribution is -2.24. The predicted octanol–water partition coefficient (Wildman–Crippen LogP) is 4.46. The van der Waals surface area contributed by atoms with Crippen molar-refractivity contribution >= 4 is 5.97 Å². The van der Waals surface area contributed by atoms with Crippen LogP contribution in [-0.4, -0.2) is 31.0 Å². The summed E-state index contributed by atoms with van der Waals surface area (Å²) < 4.78 is 7.70. The Labute approximate surface area is 176 Å². The molecule has 158 valence electrons. The predicted molar refractivity (Wildman–Crippen MR) is 113 cm³/mol. The molecule has 0 amide bonds. The molecule has 0 radical (unpaired) electrons. The van der Waals surface area contributed by atoms with Crippen molar-refractivity contribution in [1.29, 1.82) is 0 Å². The summed E-state index contributed by atoms with van der Waals surface area (Å²) in [7, 11) is 0. The molecule has 0 bridgehead atoms. The van der Waals surface area contributed by atoms with Gasteiger partial charge < -0.3 is 9.63 Å². The van der Waals surface area contributed by atoms with Gasteiger partial charge in [-0.2, -0.15) is 10.1 Å². The van der Waals surface area contributed by atoms with Crippen LogP contribution in [-0.2, 0) is 30.6 Å². The Morgan fingerprint density at radius 2 is 2.13 bits per heavy atom. The summed E-state index contributed by atoms with van der Waals surface area (Å²) in [5, 5.41) is 17.9. The number of fused-ring (bicyclic) bond motifs is 1. The molecule has 0 saturated heterocycles. The number of aromatic nitrogens is 4.